The number of anilines is 1. The Morgan fingerprint density at radius 3 is 2.83 bits per heavy atom. The van der Waals surface area contributed by atoms with Crippen molar-refractivity contribution in [2.75, 3.05) is 12.3 Å². The van der Waals surface area contributed by atoms with E-state index >= 15 is 0 Å². The molecule has 0 fully saturated rings. The van der Waals surface area contributed by atoms with Gasteiger partial charge in [0.1, 0.15) is 13.1 Å². The third-order valence-electron chi connectivity index (χ3n) is 2.55. The molecule has 0 spiro atoms. The van der Waals surface area contributed by atoms with E-state index < -0.39 is 5.97 Å². The monoisotopic (exact) mass is 247 g/mol. The Balaban J connectivity index is 2.14. The topological polar surface area (TPSA) is 97.4 Å². The van der Waals surface area contributed by atoms with E-state index in [1.807, 2.05) is 12.1 Å². The Morgan fingerprint density at radius 2 is 2.11 bits per heavy atom. The quantitative estimate of drug-likeness (QED) is 0.682. The third-order valence-corrected chi connectivity index (χ3v) is 2.55. The molecule has 0 bridgehead atoms. The first-order valence-electron chi connectivity index (χ1n) is 5.39. The number of hydrogen-bond donors (Lipinski definition) is 3. The van der Waals surface area contributed by atoms with Crippen molar-refractivity contribution in [2.24, 2.45) is 0 Å². The summed E-state index contributed by atoms with van der Waals surface area (Å²) in [6.07, 6.45) is 1.77. The summed E-state index contributed by atoms with van der Waals surface area (Å²) < 4.78 is 1.73. The van der Waals surface area contributed by atoms with Crippen molar-refractivity contribution in [3.8, 4) is 0 Å². The molecular weight excluding hydrogens is 234 g/mol. The number of carbonyl (C=O) groups excluding carboxylic acids is 1. The zero-order valence-corrected chi connectivity index (χ0v) is 9.59. The molecule has 2 aromatic rings. The smallest absolute Gasteiger partial charge is 0.322 e. The lowest BCUT2D eigenvalue weighted by Crippen LogP contribution is -2.31. The maximum atomic E-state index is 11.5. The molecular formula is C12H13N3O3. The summed E-state index contributed by atoms with van der Waals surface area (Å²) in [5.74, 6) is -1.41. The van der Waals surface area contributed by atoms with E-state index in [-0.39, 0.29) is 19.0 Å². The SMILES string of the molecule is Nc1ccc2ccn(CC(=O)NCC(=O)O)c2c1. The Kier molecular flexibility index (Phi) is 3.18. The van der Waals surface area contributed by atoms with E-state index in [1.165, 1.54) is 0 Å². The third kappa shape index (κ3) is 2.60. The van der Waals surface area contributed by atoms with Gasteiger partial charge in [-0.25, -0.2) is 0 Å². The lowest BCUT2D eigenvalue weighted by molar-refractivity contribution is -0.138. The van der Waals surface area contributed by atoms with Gasteiger partial charge in [-0.05, 0) is 23.6 Å². The number of nitrogen functional groups attached to an aromatic ring is 1. The molecule has 1 aromatic heterocycles. The second-order valence-electron chi connectivity index (χ2n) is 3.93. The number of carbonyl (C=O) groups is 2. The van der Waals surface area contributed by atoms with Crippen LogP contribution in [0.2, 0.25) is 0 Å². The van der Waals surface area contributed by atoms with E-state index in [4.69, 9.17) is 10.8 Å². The molecule has 1 amide bonds. The number of benzene rings is 1. The van der Waals surface area contributed by atoms with Crippen molar-refractivity contribution in [2.45, 2.75) is 6.54 Å². The van der Waals surface area contributed by atoms with Gasteiger partial charge >= 0.3 is 5.97 Å². The number of hydrogen-bond acceptors (Lipinski definition) is 3. The van der Waals surface area contributed by atoms with Gasteiger partial charge in [0, 0.05) is 11.9 Å². The Labute approximate surface area is 103 Å². The molecule has 0 saturated heterocycles. The van der Waals surface area contributed by atoms with E-state index in [0.717, 1.165) is 10.9 Å². The van der Waals surface area contributed by atoms with Crippen molar-refractivity contribution in [3.05, 3.63) is 30.5 Å². The molecule has 4 N–H and O–H groups in total. The van der Waals surface area contributed by atoms with Crippen LogP contribution in [0, 0.1) is 0 Å². The summed E-state index contributed by atoms with van der Waals surface area (Å²) in [7, 11) is 0. The molecule has 6 nitrogen and oxygen atoms in total. The average molecular weight is 247 g/mol. The van der Waals surface area contributed by atoms with Crippen molar-refractivity contribution in [3.63, 3.8) is 0 Å². The van der Waals surface area contributed by atoms with Gasteiger partial charge in [-0.2, -0.15) is 0 Å². The predicted octanol–water partition coefficient (Wildman–Crippen LogP) is 0.424. The van der Waals surface area contributed by atoms with Gasteiger partial charge < -0.3 is 20.7 Å². The maximum Gasteiger partial charge on any atom is 0.322 e. The van der Waals surface area contributed by atoms with Crippen molar-refractivity contribution >= 4 is 28.5 Å². The number of carboxylic acid groups (broad SMARTS) is 1. The summed E-state index contributed by atoms with van der Waals surface area (Å²) in [6.45, 7) is -0.305. The average Bonchev–Trinajstić information content (AvgIpc) is 2.69. The number of nitrogens with zero attached hydrogens (tertiary/aromatic N) is 1. The van der Waals surface area contributed by atoms with E-state index in [0.29, 0.717) is 5.69 Å². The fourth-order valence-corrected chi connectivity index (χ4v) is 1.72. The van der Waals surface area contributed by atoms with Gasteiger partial charge in [-0.15, -0.1) is 0 Å². The predicted molar refractivity (Wildman–Crippen MR) is 67.0 cm³/mol. The van der Waals surface area contributed by atoms with Crippen LogP contribution in [0.15, 0.2) is 30.5 Å². The number of fused-ring (bicyclic) bond motifs is 1. The maximum absolute atomic E-state index is 11.5. The number of aliphatic carboxylic acids is 1. The second kappa shape index (κ2) is 4.79. The normalized spacial score (nSPS) is 10.4. The molecule has 0 aliphatic carbocycles. The minimum absolute atomic E-state index is 0.0697. The molecule has 1 heterocycles. The molecule has 6 heteroatoms. The van der Waals surface area contributed by atoms with Crippen LogP contribution in [0.5, 0.6) is 0 Å². The molecule has 18 heavy (non-hydrogen) atoms. The molecule has 0 aliphatic heterocycles. The first-order valence-corrected chi connectivity index (χ1v) is 5.39. The van der Waals surface area contributed by atoms with Crippen molar-refractivity contribution in [1.29, 1.82) is 0 Å². The van der Waals surface area contributed by atoms with Gasteiger partial charge in [-0.1, -0.05) is 6.07 Å². The van der Waals surface area contributed by atoms with Crippen LogP contribution in [0.1, 0.15) is 0 Å². The van der Waals surface area contributed by atoms with Gasteiger partial charge in [-0.3, -0.25) is 9.59 Å². The Hall–Kier alpha value is -2.50. The second-order valence-corrected chi connectivity index (χ2v) is 3.93. The zero-order valence-electron chi connectivity index (χ0n) is 9.59. The number of aromatic nitrogens is 1. The first-order chi connectivity index (χ1) is 8.56. The van der Waals surface area contributed by atoms with E-state index in [2.05, 4.69) is 5.32 Å². The summed E-state index contributed by atoms with van der Waals surface area (Å²) >= 11 is 0. The highest BCUT2D eigenvalue weighted by atomic mass is 16.4. The summed E-state index contributed by atoms with van der Waals surface area (Å²) in [6, 6.07) is 7.31. The molecule has 0 saturated carbocycles. The van der Waals surface area contributed by atoms with Crippen LogP contribution < -0.4 is 11.1 Å². The number of nitrogens with two attached hydrogens (primary N) is 1. The minimum Gasteiger partial charge on any atom is -0.480 e. The van der Waals surface area contributed by atoms with Crippen LogP contribution in [0.3, 0.4) is 0 Å². The molecule has 0 aliphatic rings. The van der Waals surface area contributed by atoms with E-state index in [1.54, 1.807) is 22.9 Å². The van der Waals surface area contributed by atoms with Gasteiger partial charge in [0.2, 0.25) is 5.91 Å². The van der Waals surface area contributed by atoms with Crippen LogP contribution in [-0.2, 0) is 16.1 Å². The molecule has 0 radical (unpaired) electrons. The molecule has 0 unspecified atom stereocenters. The summed E-state index contributed by atoms with van der Waals surface area (Å²) in [5.41, 5.74) is 7.16. The minimum atomic E-state index is -1.06. The lowest BCUT2D eigenvalue weighted by atomic mass is 10.2. The fraction of sp³-hybridized carbons (Fsp3) is 0.167. The summed E-state index contributed by atoms with van der Waals surface area (Å²) in [5, 5.41) is 11.7. The highest BCUT2D eigenvalue weighted by Gasteiger charge is 2.07. The van der Waals surface area contributed by atoms with Crippen LogP contribution >= 0.6 is 0 Å². The standard InChI is InChI=1S/C12H13N3O3/c13-9-2-1-8-3-4-15(10(8)5-9)7-11(16)14-6-12(17)18/h1-5H,6-7,13H2,(H,14,16)(H,17,18). The lowest BCUT2D eigenvalue weighted by Gasteiger charge is -2.06. The number of amides is 1. The highest BCUT2D eigenvalue weighted by molar-refractivity contribution is 5.86. The molecule has 0 atom stereocenters. The zero-order chi connectivity index (χ0) is 13.1. The molecule has 2 rings (SSSR count). The highest BCUT2D eigenvalue weighted by Crippen LogP contribution is 2.18. The fourth-order valence-electron chi connectivity index (χ4n) is 1.72. The van der Waals surface area contributed by atoms with Crippen molar-refractivity contribution in [1.82, 2.24) is 9.88 Å². The van der Waals surface area contributed by atoms with Gasteiger partial charge in [0.15, 0.2) is 0 Å². The Bertz CT molecular complexity index is 604. The molecule has 94 valence electrons. The largest absolute Gasteiger partial charge is 0.480 e. The van der Waals surface area contributed by atoms with Gasteiger partial charge in [0.05, 0.1) is 5.52 Å². The molecule has 1 aromatic carbocycles. The number of nitrogens with one attached hydrogen (secondary N) is 1. The van der Waals surface area contributed by atoms with E-state index in [9.17, 15) is 9.59 Å². The number of rotatable bonds is 4. The van der Waals surface area contributed by atoms with Crippen LogP contribution in [0.4, 0.5) is 5.69 Å². The van der Waals surface area contributed by atoms with Gasteiger partial charge in [0.25, 0.3) is 0 Å². The van der Waals surface area contributed by atoms with Crippen molar-refractivity contribution < 1.29 is 14.7 Å². The van der Waals surface area contributed by atoms with Crippen LogP contribution in [-0.4, -0.2) is 28.1 Å². The summed E-state index contributed by atoms with van der Waals surface area (Å²) in [4.78, 5) is 21.8. The Morgan fingerprint density at radius 1 is 1.33 bits per heavy atom. The number of carboxylic acids is 1. The first kappa shape index (κ1) is 12.0. The van der Waals surface area contributed by atoms with Crippen LogP contribution in [0.25, 0.3) is 10.9 Å².